The van der Waals surface area contributed by atoms with Crippen LogP contribution in [0, 0.1) is 11.8 Å². The second kappa shape index (κ2) is 8.41. The first-order valence-corrected chi connectivity index (χ1v) is 13.3. The molecular formula is C25H37NO5S. The van der Waals surface area contributed by atoms with Gasteiger partial charge in [-0.15, -0.1) is 0 Å². The highest BCUT2D eigenvalue weighted by molar-refractivity contribution is 7.89. The van der Waals surface area contributed by atoms with Crippen LogP contribution in [0.1, 0.15) is 76.8 Å². The topological polar surface area (TPSA) is 72.9 Å². The van der Waals surface area contributed by atoms with E-state index in [1.54, 1.807) is 26.8 Å². The number of carbonyl (C=O) groups excluding carboxylic acids is 1. The molecule has 0 aromatic heterocycles. The third-order valence-corrected chi connectivity index (χ3v) is 9.50. The van der Waals surface area contributed by atoms with Crippen molar-refractivity contribution in [3.63, 3.8) is 0 Å². The fourth-order valence-electron chi connectivity index (χ4n) is 6.07. The van der Waals surface area contributed by atoms with Gasteiger partial charge in [0, 0.05) is 20.2 Å². The first-order chi connectivity index (χ1) is 14.9. The molecule has 1 heterocycles. The van der Waals surface area contributed by atoms with Crippen LogP contribution in [0.5, 0.6) is 0 Å². The third-order valence-electron chi connectivity index (χ3n) is 7.65. The van der Waals surface area contributed by atoms with E-state index in [9.17, 15) is 13.2 Å². The lowest BCUT2D eigenvalue weighted by atomic mass is 9.59. The predicted octanol–water partition coefficient (Wildman–Crippen LogP) is 4.27. The number of fused-ring (bicyclic) bond motifs is 5. The second-order valence-electron chi connectivity index (χ2n) is 10.9. The van der Waals surface area contributed by atoms with Gasteiger partial charge in [0.1, 0.15) is 5.60 Å². The summed E-state index contributed by atoms with van der Waals surface area (Å²) in [5.74, 6) is 1.34. The molecule has 4 atom stereocenters. The van der Waals surface area contributed by atoms with Gasteiger partial charge in [0.25, 0.3) is 0 Å². The smallest absolute Gasteiger partial charge is 0.307 e. The van der Waals surface area contributed by atoms with Gasteiger partial charge in [-0.2, -0.15) is 0 Å². The minimum Gasteiger partial charge on any atom is -0.460 e. The van der Waals surface area contributed by atoms with Gasteiger partial charge in [0.2, 0.25) is 10.0 Å². The number of hydrogen-bond acceptors (Lipinski definition) is 5. The zero-order chi connectivity index (χ0) is 23.3. The Morgan fingerprint density at radius 3 is 2.72 bits per heavy atom. The van der Waals surface area contributed by atoms with E-state index in [0.29, 0.717) is 22.6 Å². The Morgan fingerprint density at radius 1 is 1.25 bits per heavy atom. The lowest BCUT2D eigenvalue weighted by molar-refractivity contribution is -0.154. The van der Waals surface area contributed by atoms with Crippen molar-refractivity contribution in [2.24, 2.45) is 11.8 Å². The highest BCUT2D eigenvalue weighted by atomic mass is 32.2. The molecule has 178 valence electrons. The molecule has 0 N–H and O–H groups in total. The number of esters is 1. The molecule has 3 unspecified atom stereocenters. The van der Waals surface area contributed by atoms with E-state index in [0.717, 1.165) is 44.3 Å². The van der Waals surface area contributed by atoms with Gasteiger partial charge >= 0.3 is 5.97 Å². The average molecular weight is 464 g/mol. The summed E-state index contributed by atoms with van der Waals surface area (Å²) in [4.78, 5) is 12.3. The van der Waals surface area contributed by atoms with Crippen LogP contribution >= 0.6 is 0 Å². The highest BCUT2D eigenvalue weighted by Gasteiger charge is 2.51. The zero-order valence-corrected chi connectivity index (χ0v) is 20.8. The molecule has 0 spiro atoms. The largest absolute Gasteiger partial charge is 0.460 e. The Hall–Kier alpha value is -1.44. The molecule has 0 bridgehead atoms. The van der Waals surface area contributed by atoms with Gasteiger partial charge in [0.15, 0.2) is 0 Å². The number of benzene rings is 1. The first kappa shape index (κ1) is 23.7. The van der Waals surface area contributed by atoms with E-state index in [2.05, 4.69) is 6.92 Å². The maximum atomic E-state index is 13.1. The summed E-state index contributed by atoms with van der Waals surface area (Å²) in [6, 6.07) is 5.66. The van der Waals surface area contributed by atoms with E-state index < -0.39 is 21.6 Å². The molecule has 0 radical (unpaired) electrons. The van der Waals surface area contributed by atoms with Gasteiger partial charge in [-0.3, -0.25) is 4.79 Å². The van der Waals surface area contributed by atoms with Crippen LogP contribution in [0.2, 0.25) is 0 Å². The van der Waals surface area contributed by atoms with Crippen LogP contribution in [-0.2, 0) is 30.7 Å². The molecular weight excluding hydrogens is 426 g/mol. The number of rotatable bonds is 5. The van der Waals surface area contributed by atoms with Crippen LogP contribution in [-0.4, -0.2) is 50.1 Å². The minimum atomic E-state index is -3.66. The van der Waals surface area contributed by atoms with Crippen LogP contribution < -0.4 is 0 Å². The molecule has 4 rings (SSSR count). The van der Waals surface area contributed by atoms with Crippen molar-refractivity contribution in [2.45, 2.75) is 88.2 Å². The summed E-state index contributed by atoms with van der Waals surface area (Å²) >= 11 is 0. The Kier molecular flexibility index (Phi) is 6.23. The van der Waals surface area contributed by atoms with Crippen molar-refractivity contribution in [3.8, 4) is 0 Å². The van der Waals surface area contributed by atoms with E-state index in [1.165, 1.54) is 16.9 Å². The minimum absolute atomic E-state index is 0.0266. The second-order valence-corrected chi connectivity index (χ2v) is 13.0. The summed E-state index contributed by atoms with van der Waals surface area (Å²) < 4.78 is 39.0. The fourth-order valence-corrected chi connectivity index (χ4v) is 7.29. The van der Waals surface area contributed by atoms with Gasteiger partial charge < -0.3 is 9.47 Å². The van der Waals surface area contributed by atoms with Gasteiger partial charge in [0.05, 0.1) is 16.9 Å². The van der Waals surface area contributed by atoms with Crippen molar-refractivity contribution in [2.75, 3.05) is 20.2 Å². The first-order valence-electron chi connectivity index (χ1n) is 11.9. The van der Waals surface area contributed by atoms with E-state index in [4.69, 9.17) is 9.47 Å². The zero-order valence-electron chi connectivity index (χ0n) is 20.0. The standard InChI is InChI=1S/C25H37NO5S/c1-24(2,3)31-23(27)11-14-26(5)32(28,29)18-7-9-19-17(16-18)6-8-21-20(19)10-13-25(4)22(21)12-15-30-25/h7,9,16,20-22H,6,8,10-15H2,1-5H3/t20?,21?,22?,25-/m0/s1. The van der Waals surface area contributed by atoms with Crippen LogP contribution in [0.3, 0.4) is 0 Å². The van der Waals surface area contributed by atoms with E-state index in [-0.39, 0.29) is 18.6 Å². The quantitative estimate of drug-likeness (QED) is 0.610. The molecule has 1 saturated heterocycles. The summed E-state index contributed by atoms with van der Waals surface area (Å²) in [5, 5.41) is 0. The van der Waals surface area contributed by atoms with Crippen LogP contribution in [0.25, 0.3) is 0 Å². The van der Waals surface area contributed by atoms with Gasteiger partial charge in [-0.05, 0) is 101 Å². The van der Waals surface area contributed by atoms with Crippen molar-refractivity contribution >= 4 is 16.0 Å². The number of hydrogen-bond donors (Lipinski definition) is 0. The predicted molar refractivity (Wildman–Crippen MR) is 123 cm³/mol. The Bertz CT molecular complexity index is 983. The number of carbonyl (C=O) groups is 1. The normalized spacial score (nSPS) is 29.9. The Labute approximate surface area is 192 Å². The fraction of sp³-hybridized carbons (Fsp3) is 0.720. The molecule has 32 heavy (non-hydrogen) atoms. The highest BCUT2D eigenvalue weighted by Crippen LogP contribution is 2.55. The summed E-state index contributed by atoms with van der Waals surface area (Å²) in [6.07, 6.45) is 5.36. The van der Waals surface area contributed by atoms with Crippen molar-refractivity contribution in [1.82, 2.24) is 4.31 Å². The van der Waals surface area contributed by atoms with Crippen LogP contribution in [0.4, 0.5) is 0 Å². The van der Waals surface area contributed by atoms with E-state index >= 15 is 0 Å². The molecule has 1 aromatic rings. The number of sulfonamides is 1. The number of ether oxygens (including phenoxy) is 2. The summed E-state index contributed by atoms with van der Waals surface area (Å²) in [5.41, 5.74) is 1.94. The molecule has 3 aliphatic rings. The van der Waals surface area contributed by atoms with E-state index in [1.807, 2.05) is 12.1 Å². The third kappa shape index (κ3) is 4.48. The number of aryl methyl sites for hydroxylation is 1. The molecule has 2 fully saturated rings. The van der Waals surface area contributed by atoms with Crippen molar-refractivity contribution in [3.05, 3.63) is 29.3 Å². The lowest BCUT2D eigenvalue weighted by Gasteiger charge is -2.48. The molecule has 1 aromatic carbocycles. The van der Waals surface area contributed by atoms with Gasteiger partial charge in [-0.1, -0.05) is 6.07 Å². The van der Waals surface area contributed by atoms with Gasteiger partial charge in [-0.25, -0.2) is 12.7 Å². The van der Waals surface area contributed by atoms with Crippen molar-refractivity contribution in [1.29, 1.82) is 0 Å². The van der Waals surface area contributed by atoms with Crippen LogP contribution in [0.15, 0.2) is 23.1 Å². The monoisotopic (exact) mass is 463 g/mol. The molecule has 2 aliphatic carbocycles. The molecule has 6 nitrogen and oxygen atoms in total. The maximum Gasteiger partial charge on any atom is 0.307 e. The maximum absolute atomic E-state index is 13.1. The summed E-state index contributed by atoms with van der Waals surface area (Å²) in [7, 11) is -2.13. The summed E-state index contributed by atoms with van der Waals surface area (Å²) in [6.45, 7) is 8.64. The average Bonchev–Trinajstić information content (AvgIpc) is 3.11. The molecule has 1 aliphatic heterocycles. The SMILES string of the molecule is CN(CCC(=O)OC(C)(C)C)S(=O)(=O)c1ccc2c(c1)CCC1C2CC[C@]2(C)OCCC12. The molecule has 1 saturated carbocycles. The van der Waals surface area contributed by atoms with Crippen molar-refractivity contribution < 1.29 is 22.7 Å². The molecule has 7 heteroatoms. The number of nitrogens with zero attached hydrogens (tertiary/aromatic N) is 1. The Balaban J connectivity index is 1.48. The lowest BCUT2D eigenvalue weighted by Crippen LogP contribution is -2.44. The Morgan fingerprint density at radius 2 is 2.00 bits per heavy atom. The molecule has 0 amide bonds.